The summed E-state index contributed by atoms with van der Waals surface area (Å²) >= 11 is 1.86. The molecule has 0 spiro atoms. The zero-order valence-electron chi connectivity index (χ0n) is 23.3. The average Bonchev–Trinajstić information content (AvgIpc) is 2.76. The summed E-state index contributed by atoms with van der Waals surface area (Å²) in [4.78, 5) is 9.91. The van der Waals surface area contributed by atoms with Gasteiger partial charge in [0.1, 0.15) is 13.2 Å². The van der Waals surface area contributed by atoms with E-state index >= 15 is 0 Å². The number of rotatable bonds is 25. The monoisotopic (exact) mass is 526 g/mol. The van der Waals surface area contributed by atoms with Gasteiger partial charge >= 0.3 is 7.82 Å². The zero-order chi connectivity index (χ0) is 25.7. The molecule has 0 radical (unpaired) electrons. The van der Waals surface area contributed by atoms with Gasteiger partial charge in [0.15, 0.2) is 0 Å². The molecule has 0 fully saturated rings. The Hall–Kier alpha value is 0.380. The first-order valence-electron chi connectivity index (χ1n) is 13.7. The molecule has 6 nitrogen and oxygen atoms in total. The van der Waals surface area contributed by atoms with Gasteiger partial charge in [-0.25, -0.2) is 4.57 Å². The van der Waals surface area contributed by atoms with Gasteiger partial charge in [-0.15, -0.1) is 0 Å². The molecule has 0 aliphatic heterocycles. The molecule has 1 N–H and O–H groups in total. The third-order valence-electron chi connectivity index (χ3n) is 6.18. The number of phosphoric ester groups is 1. The summed E-state index contributed by atoms with van der Waals surface area (Å²) in [5.41, 5.74) is 0. The summed E-state index contributed by atoms with van der Waals surface area (Å²) in [6, 6.07) is 0. The molecule has 0 aliphatic rings. The van der Waals surface area contributed by atoms with Gasteiger partial charge in [0.25, 0.3) is 0 Å². The topological polar surface area (TPSA) is 65.0 Å². The molecule has 0 saturated heterocycles. The van der Waals surface area contributed by atoms with E-state index in [0.717, 1.165) is 17.4 Å². The van der Waals surface area contributed by atoms with E-state index in [4.69, 9.17) is 13.8 Å². The molecule has 8 heteroatoms. The van der Waals surface area contributed by atoms with Crippen molar-refractivity contribution >= 4 is 19.6 Å². The van der Waals surface area contributed by atoms with Crippen LogP contribution in [0.3, 0.4) is 0 Å². The molecule has 0 aromatic rings. The lowest BCUT2D eigenvalue weighted by molar-refractivity contribution is -0.870. The van der Waals surface area contributed by atoms with Gasteiger partial charge in [-0.05, 0) is 18.1 Å². The van der Waals surface area contributed by atoms with E-state index in [2.05, 4.69) is 13.8 Å². The Morgan fingerprint density at radius 3 is 1.91 bits per heavy atom. The van der Waals surface area contributed by atoms with E-state index in [1.807, 2.05) is 32.9 Å². The maximum Gasteiger partial charge on any atom is 0.472 e. The number of quaternary nitrogens is 1. The Labute approximate surface area is 216 Å². The summed E-state index contributed by atoms with van der Waals surface area (Å²) in [5, 5.41) is 0. The highest BCUT2D eigenvalue weighted by Crippen LogP contribution is 2.43. The molecule has 0 saturated carbocycles. The van der Waals surface area contributed by atoms with Crippen LogP contribution in [0.5, 0.6) is 0 Å². The van der Waals surface area contributed by atoms with E-state index in [1.165, 1.54) is 83.5 Å². The molecular weight excluding hydrogens is 469 g/mol. The number of thioether (sulfide) groups is 1. The lowest BCUT2D eigenvalue weighted by atomic mass is 9.92. The molecule has 0 bridgehead atoms. The summed E-state index contributed by atoms with van der Waals surface area (Å²) in [7, 11) is 3.61. The predicted molar refractivity (Wildman–Crippen MR) is 148 cm³/mol. The van der Waals surface area contributed by atoms with Crippen LogP contribution in [0.4, 0.5) is 0 Å². The normalized spacial score (nSPS) is 15.1. The van der Waals surface area contributed by atoms with Crippen LogP contribution in [0.1, 0.15) is 97.3 Å². The van der Waals surface area contributed by atoms with Gasteiger partial charge in [-0.3, -0.25) is 9.05 Å². The lowest BCUT2D eigenvalue weighted by Crippen LogP contribution is -2.37. The molecule has 0 aromatic carbocycles. The van der Waals surface area contributed by atoms with Crippen LogP contribution < -0.4 is 0 Å². The van der Waals surface area contributed by atoms with Gasteiger partial charge in [-0.1, -0.05) is 90.9 Å². The number of hydrogen-bond donors (Lipinski definition) is 1. The molecule has 0 rings (SSSR count). The van der Waals surface area contributed by atoms with Crippen molar-refractivity contribution in [3.8, 4) is 0 Å². The minimum Gasteiger partial charge on any atom is -0.378 e. The van der Waals surface area contributed by atoms with Crippen molar-refractivity contribution in [3.63, 3.8) is 0 Å². The van der Waals surface area contributed by atoms with Crippen molar-refractivity contribution in [1.82, 2.24) is 0 Å². The Bertz CT molecular complexity index is 490. The maximum atomic E-state index is 12.1. The first-order chi connectivity index (χ1) is 16.1. The molecule has 206 valence electrons. The quantitative estimate of drug-likeness (QED) is 0.0765. The second-order valence-electron chi connectivity index (χ2n) is 10.6. The molecule has 2 atom stereocenters. The lowest BCUT2D eigenvalue weighted by Gasteiger charge is -2.24. The first kappa shape index (κ1) is 34.4. The molecule has 0 amide bonds. The molecular formula is C26H57NO5PS+. The molecule has 0 aliphatic carbocycles. The second kappa shape index (κ2) is 21.5. The first-order valence-corrected chi connectivity index (χ1v) is 16.3. The van der Waals surface area contributed by atoms with Gasteiger partial charge in [-0.2, -0.15) is 11.8 Å². The number of likely N-dealkylation sites (N-methyl/N-ethyl adjacent to an activating group) is 1. The van der Waals surface area contributed by atoms with Crippen LogP contribution in [0.15, 0.2) is 0 Å². The van der Waals surface area contributed by atoms with Crippen LogP contribution in [-0.2, 0) is 18.3 Å². The van der Waals surface area contributed by atoms with Crippen molar-refractivity contribution < 1.29 is 27.7 Å². The molecule has 0 heterocycles. The molecule has 2 unspecified atom stereocenters. The number of ether oxygens (including phenoxy) is 1. The largest absolute Gasteiger partial charge is 0.472 e. The van der Waals surface area contributed by atoms with Crippen molar-refractivity contribution in [3.05, 3.63) is 0 Å². The molecule has 0 aromatic heterocycles. The fourth-order valence-corrected chi connectivity index (χ4v) is 5.70. The Morgan fingerprint density at radius 1 is 0.853 bits per heavy atom. The summed E-state index contributed by atoms with van der Waals surface area (Å²) in [5.74, 6) is 2.68. The van der Waals surface area contributed by atoms with Gasteiger partial charge in [0.05, 0.1) is 33.9 Å². The Kier molecular flexibility index (Phi) is 21.7. The Balaban J connectivity index is 4.25. The summed E-state index contributed by atoms with van der Waals surface area (Å²) < 4.78 is 28.5. The maximum absolute atomic E-state index is 12.1. The Morgan fingerprint density at radius 2 is 1.41 bits per heavy atom. The third kappa shape index (κ3) is 22.8. The van der Waals surface area contributed by atoms with Gasteiger partial charge in [0.2, 0.25) is 0 Å². The van der Waals surface area contributed by atoms with Crippen molar-refractivity contribution in [2.24, 2.45) is 5.92 Å². The SMILES string of the molecule is CCCCCCCC(CCCCCCC)CCSCC(COP(=O)(O)OCC[N+](C)(C)C)OC. The van der Waals surface area contributed by atoms with Gasteiger partial charge < -0.3 is 14.1 Å². The highest BCUT2D eigenvalue weighted by atomic mass is 32.2. The number of hydrogen-bond acceptors (Lipinski definition) is 5. The van der Waals surface area contributed by atoms with Crippen molar-refractivity contribution in [2.75, 3.05) is 59.5 Å². The minimum absolute atomic E-state index is 0.0694. The number of methoxy groups -OCH3 is 1. The number of unbranched alkanes of at least 4 members (excludes halogenated alkanes) is 8. The van der Waals surface area contributed by atoms with Crippen molar-refractivity contribution in [1.29, 1.82) is 0 Å². The zero-order valence-corrected chi connectivity index (χ0v) is 25.0. The smallest absolute Gasteiger partial charge is 0.378 e. The predicted octanol–water partition coefficient (Wildman–Crippen LogP) is 7.30. The van der Waals surface area contributed by atoms with Crippen LogP contribution in [0.2, 0.25) is 0 Å². The number of nitrogens with zero attached hydrogens (tertiary/aromatic N) is 1. The second-order valence-corrected chi connectivity index (χ2v) is 13.2. The standard InChI is InChI=1S/C26H56NO5PS/c1-7-9-11-13-15-17-25(18-16-14-12-10-8-2)19-22-34-24-26(30-6)23-32-33(28,29)31-21-20-27(3,4)5/h25-26H,7-24H2,1-6H3/p+1. The number of phosphoric acid groups is 1. The van der Waals surface area contributed by atoms with Crippen molar-refractivity contribution in [2.45, 2.75) is 103 Å². The summed E-state index contributed by atoms with van der Waals surface area (Å²) in [6.07, 6.45) is 17.3. The van der Waals surface area contributed by atoms with Crippen LogP contribution >= 0.6 is 19.6 Å². The van der Waals surface area contributed by atoms with Crippen LogP contribution in [-0.4, -0.2) is 75.0 Å². The fraction of sp³-hybridized carbons (Fsp3) is 1.00. The highest BCUT2D eigenvalue weighted by molar-refractivity contribution is 7.99. The van der Waals surface area contributed by atoms with Gasteiger partial charge in [0, 0.05) is 12.9 Å². The van der Waals surface area contributed by atoms with E-state index < -0.39 is 7.82 Å². The minimum atomic E-state index is -4.04. The highest BCUT2D eigenvalue weighted by Gasteiger charge is 2.24. The van der Waals surface area contributed by atoms with E-state index in [-0.39, 0.29) is 19.3 Å². The van der Waals surface area contributed by atoms with E-state index in [1.54, 1.807) is 7.11 Å². The van der Waals surface area contributed by atoms with Crippen LogP contribution in [0.25, 0.3) is 0 Å². The average molecular weight is 527 g/mol. The third-order valence-corrected chi connectivity index (χ3v) is 8.30. The van der Waals surface area contributed by atoms with Crippen LogP contribution in [0, 0.1) is 5.92 Å². The van der Waals surface area contributed by atoms with E-state index in [0.29, 0.717) is 11.0 Å². The summed E-state index contributed by atoms with van der Waals surface area (Å²) in [6.45, 7) is 5.43. The fourth-order valence-electron chi connectivity index (χ4n) is 3.80. The van der Waals surface area contributed by atoms with E-state index in [9.17, 15) is 9.46 Å². The molecule has 34 heavy (non-hydrogen) atoms.